The maximum absolute atomic E-state index is 12.7. The topological polar surface area (TPSA) is 45.2 Å². The van der Waals surface area contributed by atoms with Crippen LogP contribution < -0.4 is 10.2 Å². The maximum atomic E-state index is 12.7. The lowest BCUT2D eigenvalue weighted by atomic mass is 9.82. The van der Waals surface area contributed by atoms with Gasteiger partial charge in [0.1, 0.15) is 5.82 Å². The SMILES string of the molecule is O=C(NC1CN(c2ccccn2)C1)C1CCCc2ccccc21. The monoisotopic (exact) mass is 307 g/mol. The van der Waals surface area contributed by atoms with E-state index in [1.54, 1.807) is 6.20 Å². The average Bonchev–Trinajstić information content (AvgIpc) is 2.58. The fourth-order valence-electron chi connectivity index (χ4n) is 3.63. The summed E-state index contributed by atoms with van der Waals surface area (Å²) in [6.07, 6.45) is 4.95. The molecule has 0 radical (unpaired) electrons. The second-order valence-electron chi connectivity index (χ2n) is 6.44. The number of hydrogen-bond donors (Lipinski definition) is 1. The number of carbonyl (C=O) groups is 1. The van der Waals surface area contributed by atoms with Crippen LogP contribution in [0.4, 0.5) is 5.82 Å². The lowest BCUT2D eigenvalue weighted by Gasteiger charge is -2.41. The Labute approximate surface area is 136 Å². The van der Waals surface area contributed by atoms with Crippen molar-refractivity contribution in [1.82, 2.24) is 10.3 Å². The van der Waals surface area contributed by atoms with Gasteiger partial charge in [0.2, 0.25) is 5.91 Å². The summed E-state index contributed by atoms with van der Waals surface area (Å²) in [6.45, 7) is 1.69. The molecule has 2 aromatic rings. The van der Waals surface area contributed by atoms with E-state index < -0.39 is 0 Å². The van der Waals surface area contributed by atoms with Gasteiger partial charge in [0.25, 0.3) is 0 Å². The van der Waals surface area contributed by atoms with Gasteiger partial charge in [-0.25, -0.2) is 4.98 Å². The molecule has 4 rings (SSSR count). The van der Waals surface area contributed by atoms with Gasteiger partial charge >= 0.3 is 0 Å². The fraction of sp³-hybridized carbons (Fsp3) is 0.368. The number of benzene rings is 1. The number of hydrogen-bond acceptors (Lipinski definition) is 3. The van der Waals surface area contributed by atoms with Crippen molar-refractivity contribution < 1.29 is 4.79 Å². The summed E-state index contributed by atoms with van der Waals surface area (Å²) in [6, 6.07) is 14.5. The van der Waals surface area contributed by atoms with Gasteiger partial charge < -0.3 is 10.2 Å². The zero-order chi connectivity index (χ0) is 15.6. The van der Waals surface area contributed by atoms with Crippen LogP contribution in [-0.2, 0) is 11.2 Å². The molecule has 4 nitrogen and oxygen atoms in total. The molecule has 2 aliphatic rings. The van der Waals surface area contributed by atoms with Crippen molar-refractivity contribution >= 4 is 11.7 Å². The number of carbonyl (C=O) groups excluding carboxylic acids is 1. The van der Waals surface area contributed by atoms with Crippen LogP contribution in [0.2, 0.25) is 0 Å². The molecule has 1 aliphatic carbocycles. The van der Waals surface area contributed by atoms with E-state index in [1.807, 2.05) is 24.3 Å². The van der Waals surface area contributed by atoms with Crippen molar-refractivity contribution in [3.63, 3.8) is 0 Å². The van der Waals surface area contributed by atoms with Crippen LogP contribution in [0.15, 0.2) is 48.7 Å². The Morgan fingerprint density at radius 1 is 1.13 bits per heavy atom. The number of aromatic nitrogens is 1. The van der Waals surface area contributed by atoms with Crippen molar-refractivity contribution in [1.29, 1.82) is 0 Å². The molecule has 0 spiro atoms. The van der Waals surface area contributed by atoms with E-state index in [1.165, 1.54) is 11.1 Å². The zero-order valence-corrected chi connectivity index (χ0v) is 13.1. The molecule has 118 valence electrons. The minimum atomic E-state index is 0.0175. The molecule has 1 aromatic heterocycles. The Bertz CT molecular complexity index is 695. The molecule has 1 aromatic carbocycles. The number of pyridine rings is 1. The fourth-order valence-corrected chi connectivity index (χ4v) is 3.63. The van der Waals surface area contributed by atoms with Crippen LogP contribution in [0, 0.1) is 0 Å². The highest BCUT2D eigenvalue weighted by Crippen LogP contribution is 2.32. The number of nitrogens with zero attached hydrogens (tertiary/aromatic N) is 2. The standard InChI is InChI=1S/C19H21N3O/c23-19(17-9-5-7-14-6-1-2-8-16(14)17)21-15-12-22(13-15)18-10-3-4-11-20-18/h1-4,6,8,10-11,15,17H,5,7,9,12-13H2,(H,21,23). The van der Waals surface area contributed by atoms with Gasteiger partial charge in [0.05, 0.1) is 12.0 Å². The predicted molar refractivity (Wildman–Crippen MR) is 90.5 cm³/mol. The Balaban J connectivity index is 1.37. The van der Waals surface area contributed by atoms with Crippen LogP contribution in [0.1, 0.15) is 29.9 Å². The number of rotatable bonds is 3. The first-order valence-corrected chi connectivity index (χ1v) is 8.35. The van der Waals surface area contributed by atoms with Crippen molar-refractivity contribution in [3.8, 4) is 0 Å². The summed E-state index contributed by atoms with van der Waals surface area (Å²) in [5, 5.41) is 3.22. The summed E-state index contributed by atoms with van der Waals surface area (Å²) in [7, 11) is 0. The second-order valence-corrected chi connectivity index (χ2v) is 6.44. The van der Waals surface area contributed by atoms with E-state index in [-0.39, 0.29) is 17.9 Å². The van der Waals surface area contributed by atoms with Gasteiger partial charge in [0, 0.05) is 19.3 Å². The van der Waals surface area contributed by atoms with Crippen LogP contribution >= 0.6 is 0 Å². The van der Waals surface area contributed by atoms with E-state index in [0.717, 1.165) is 38.2 Å². The molecule has 1 atom stereocenters. The normalized spacial score (nSPS) is 20.5. The summed E-state index contributed by atoms with van der Waals surface area (Å²) in [5.41, 5.74) is 2.56. The Morgan fingerprint density at radius 2 is 1.96 bits per heavy atom. The van der Waals surface area contributed by atoms with Gasteiger partial charge in [-0.15, -0.1) is 0 Å². The molecule has 1 fully saturated rings. The maximum Gasteiger partial charge on any atom is 0.227 e. The van der Waals surface area contributed by atoms with Crippen LogP contribution in [0.3, 0.4) is 0 Å². The van der Waals surface area contributed by atoms with E-state index in [2.05, 4.69) is 33.4 Å². The summed E-state index contributed by atoms with van der Waals surface area (Å²) >= 11 is 0. The van der Waals surface area contributed by atoms with Crippen molar-refractivity contribution in [2.75, 3.05) is 18.0 Å². The average molecular weight is 307 g/mol. The highest BCUT2D eigenvalue weighted by molar-refractivity contribution is 5.85. The summed E-state index contributed by atoms with van der Waals surface area (Å²) in [4.78, 5) is 19.2. The van der Waals surface area contributed by atoms with Crippen LogP contribution in [0.5, 0.6) is 0 Å². The molecule has 1 saturated heterocycles. The largest absolute Gasteiger partial charge is 0.352 e. The molecule has 2 heterocycles. The lowest BCUT2D eigenvalue weighted by molar-refractivity contribution is -0.123. The molecule has 0 bridgehead atoms. The first-order chi connectivity index (χ1) is 11.3. The Kier molecular flexibility index (Phi) is 3.74. The van der Waals surface area contributed by atoms with Crippen molar-refractivity contribution in [2.45, 2.75) is 31.2 Å². The van der Waals surface area contributed by atoms with Gasteiger partial charge in [-0.1, -0.05) is 30.3 Å². The summed E-state index contributed by atoms with van der Waals surface area (Å²) in [5.74, 6) is 1.19. The first kappa shape index (κ1) is 14.2. The van der Waals surface area contributed by atoms with Crippen LogP contribution in [-0.4, -0.2) is 30.0 Å². The van der Waals surface area contributed by atoms with E-state index in [9.17, 15) is 4.79 Å². The highest BCUT2D eigenvalue weighted by atomic mass is 16.2. The smallest absolute Gasteiger partial charge is 0.227 e. The molecule has 23 heavy (non-hydrogen) atoms. The number of aryl methyl sites for hydroxylation is 1. The number of amides is 1. The van der Waals surface area contributed by atoms with Gasteiger partial charge in [0.15, 0.2) is 0 Å². The van der Waals surface area contributed by atoms with Gasteiger partial charge in [-0.2, -0.15) is 0 Å². The molecule has 1 aliphatic heterocycles. The number of nitrogens with one attached hydrogen (secondary N) is 1. The molecular formula is C19H21N3O. The lowest BCUT2D eigenvalue weighted by Crippen LogP contribution is -2.60. The molecule has 0 saturated carbocycles. The van der Waals surface area contributed by atoms with Crippen LogP contribution in [0.25, 0.3) is 0 Å². The Morgan fingerprint density at radius 3 is 2.78 bits per heavy atom. The minimum absolute atomic E-state index is 0.0175. The van der Waals surface area contributed by atoms with Crippen molar-refractivity contribution in [3.05, 3.63) is 59.8 Å². The van der Waals surface area contributed by atoms with E-state index >= 15 is 0 Å². The zero-order valence-electron chi connectivity index (χ0n) is 13.1. The molecule has 1 unspecified atom stereocenters. The third-order valence-corrected chi connectivity index (χ3v) is 4.89. The molecule has 4 heteroatoms. The Hall–Kier alpha value is -2.36. The summed E-state index contributed by atoms with van der Waals surface area (Å²) < 4.78 is 0. The van der Waals surface area contributed by atoms with Gasteiger partial charge in [-0.3, -0.25) is 4.79 Å². The van der Waals surface area contributed by atoms with E-state index in [4.69, 9.17) is 0 Å². The molecular weight excluding hydrogens is 286 g/mol. The molecule has 1 N–H and O–H groups in total. The third kappa shape index (κ3) is 2.81. The first-order valence-electron chi connectivity index (χ1n) is 8.35. The third-order valence-electron chi connectivity index (χ3n) is 4.89. The molecule has 1 amide bonds. The number of fused-ring (bicyclic) bond motifs is 1. The second kappa shape index (κ2) is 6.03. The quantitative estimate of drug-likeness (QED) is 0.947. The highest BCUT2D eigenvalue weighted by Gasteiger charge is 2.32. The van der Waals surface area contributed by atoms with Gasteiger partial charge in [-0.05, 0) is 42.5 Å². The van der Waals surface area contributed by atoms with Crippen molar-refractivity contribution in [2.24, 2.45) is 0 Å². The minimum Gasteiger partial charge on any atom is -0.352 e. The number of anilines is 1. The van der Waals surface area contributed by atoms with E-state index in [0.29, 0.717) is 0 Å². The predicted octanol–water partition coefficient (Wildman–Crippen LogP) is 2.51.